The molecule has 2 aromatic heterocycles. The maximum atomic E-state index is 6.84. The van der Waals surface area contributed by atoms with Gasteiger partial charge in [-0.2, -0.15) is 0 Å². The Balaban J connectivity index is 1.15. The summed E-state index contributed by atoms with van der Waals surface area (Å²) in [5.41, 5.74) is 14.0. The first-order valence-corrected chi connectivity index (χ1v) is 19.3. The van der Waals surface area contributed by atoms with Gasteiger partial charge in [0.05, 0.1) is 16.8 Å². The predicted molar refractivity (Wildman–Crippen MR) is 234 cm³/mol. The van der Waals surface area contributed by atoms with E-state index in [0.717, 1.165) is 82.8 Å². The lowest BCUT2D eigenvalue weighted by Crippen LogP contribution is -2.17. The van der Waals surface area contributed by atoms with Crippen LogP contribution in [0.1, 0.15) is 25.0 Å². The molecule has 0 fully saturated rings. The van der Waals surface area contributed by atoms with Gasteiger partial charge in [0.15, 0.2) is 0 Å². The Morgan fingerprint density at radius 2 is 1.05 bits per heavy atom. The second kappa shape index (κ2) is 11.5. The molecule has 1 aliphatic carbocycles. The highest BCUT2D eigenvalue weighted by atomic mass is 16.3. The van der Waals surface area contributed by atoms with Gasteiger partial charge in [-0.3, -0.25) is 0 Å². The third-order valence-electron chi connectivity index (χ3n) is 12.2. The fraction of sp³-hybridized carbons (Fsp3) is 0.0566. The molecule has 0 radical (unpaired) electrons. The Morgan fingerprint density at radius 3 is 1.95 bits per heavy atom. The van der Waals surface area contributed by atoms with Crippen molar-refractivity contribution >= 4 is 82.5 Å². The quantitative estimate of drug-likeness (QED) is 0.182. The maximum absolute atomic E-state index is 6.84. The maximum Gasteiger partial charge on any atom is 0.143 e. The van der Waals surface area contributed by atoms with Crippen LogP contribution in [0.2, 0.25) is 0 Å². The van der Waals surface area contributed by atoms with Crippen molar-refractivity contribution in [2.45, 2.75) is 19.3 Å². The van der Waals surface area contributed by atoms with E-state index in [1.807, 2.05) is 0 Å². The van der Waals surface area contributed by atoms with Gasteiger partial charge in [0.2, 0.25) is 0 Å². The second-order valence-electron chi connectivity index (χ2n) is 15.6. The molecule has 0 unspecified atom stereocenters. The van der Waals surface area contributed by atoms with E-state index in [1.165, 1.54) is 33.0 Å². The SMILES string of the molecule is CC1(C)c2ccccc2-c2ccc(N(c3ccccc3-c3cccc4c3oc3cc5ccccc5cc34)c3cccc4oc5c6ccccc6ccc5c34)cc21. The third kappa shape index (κ3) is 4.34. The molecule has 2 heterocycles. The summed E-state index contributed by atoms with van der Waals surface area (Å²) in [6, 6.07) is 63.5. The Hall–Kier alpha value is -7.10. The zero-order valence-electron chi connectivity index (χ0n) is 31.0. The molecule has 3 nitrogen and oxygen atoms in total. The average Bonchev–Trinajstić information content (AvgIpc) is 3.88. The Bertz CT molecular complexity index is 3420. The van der Waals surface area contributed by atoms with Crippen LogP contribution in [-0.4, -0.2) is 0 Å². The molecule has 9 aromatic carbocycles. The molecule has 1 aliphatic rings. The predicted octanol–water partition coefficient (Wildman–Crippen LogP) is 15.2. The minimum Gasteiger partial charge on any atom is -0.455 e. The van der Waals surface area contributed by atoms with Crippen LogP contribution in [0.4, 0.5) is 17.1 Å². The smallest absolute Gasteiger partial charge is 0.143 e. The topological polar surface area (TPSA) is 29.5 Å². The van der Waals surface area contributed by atoms with Gasteiger partial charge in [-0.25, -0.2) is 0 Å². The summed E-state index contributed by atoms with van der Waals surface area (Å²) >= 11 is 0. The molecular formula is C53H35NO2. The van der Waals surface area contributed by atoms with Crippen molar-refractivity contribution in [1.29, 1.82) is 0 Å². The Morgan fingerprint density at radius 1 is 0.393 bits per heavy atom. The minimum absolute atomic E-state index is 0.163. The summed E-state index contributed by atoms with van der Waals surface area (Å²) in [6.45, 7) is 4.70. The Labute approximate surface area is 323 Å². The molecular weight excluding hydrogens is 683 g/mol. The lowest BCUT2D eigenvalue weighted by Gasteiger charge is -2.30. The van der Waals surface area contributed by atoms with Gasteiger partial charge in [0.1, 0.15) is 22.3 Å². The van der Waals surface area contributed by atoms with Crippen LogP contribution in [0.15, 0.2) is 185 Å². The van der Waals surface area contributed by atoms with Crippen LogP contribution in [0.5, 0.6) is 0 Å². The summed E-state index contributed by atoms with van der Waals surface area (Å²) < 4.78 is 13.6. The first-order valence-electron chi connectivity index (χ1n) is 19.3. The summed E-state index contributed by atoms with van der Waals surface area (Å²) in [5, 5.41) is 9.05. The minimum atomic E-state index is -0.163. The van der Waals surface area contributed by atoms with Crippen molar-refractivity contribution in [2.24, 2.45) is 0 Å². The molecule has 264 valence electrons. The fourth-order valence-corrected chi connectivity index (χ4v) is 9.55. The largest absolute Gasteiger partial charge is 0.455 e. The number of hydrogen-bond acceptors (Lipinski definition) is 3. The molecule has 0 spiro atoms. The van der Waals surface area contributed by atoms with Crippen molar-refractivity contribution in [1.82, 2.24) is 0 Å². The zero-order valence-corrected chi connectivity index (χ0v) is 31.0. The van der Waals surface area contributed by atoms with Gasteiger partial charge >= 0.3 is 0 Å². The fourth-order valence-electron chi connectivity index (χ4n) is 9.55. The number of benzene rings is 9. The van der Waals surface area contributed by atoms with E-state index in [0.29, 0.717) is 0 Å². The molecule has 0 saturated heterocycles. The van der Waals surface area contributed by atoms with Crippen molar-refractivity contribution in [3.05, 3.63) is 187 Å². The normalized spacial score (nSPS) is 13.3. The van der Waals surface area contributed by atoms with E-state index in [-0.39, 0.29) is 5.41 Å². The van der Waals surface area contributed by atoms with Crippen LogP contribution >= 0.6 is 0 Å². The summed E-state index contributed by atoms with van der Waals surface area (Å²) in [5.74, 6) is 0. The van der Waals surface area contributed by atoms with Crippen molar-refractivity contribution in [2.75, 3.05) is 4.90 Å². The van der Waals surface area contributed by atoms with E-state index in [1.54, 1.807) is 0 Å². The Kier molecular flexibility index (Phi) is 6.40. The number of fused-ring (bicyclic) bond motifs is 12. The highest BCUT2D eigenvalue weighted by Crippen LogP contribution is 2.53. The van der Waals surface area contributed by atoms with Crippen LogP contribution in [0.3, 0.4) is 0 Å². The standard InChI is InChI=1S/C53H35NO2/c1-53(2)44-21-9-7-17-37(44)38-28-26-35(31-45(38)53)54(47-23-12-24-48-50(47)42-27-25-32-13-5-6-16-36(32)51(42)55-48)46-22-10-8-18-39(46)40-19-11-20-41-43-29-33-14-3-4-15-34(33)30-49(43)56-52(40)41/h3-31H,1-2H3. The van der Waals surface area contributed by atoms with E-state index in [4.69, 9.17) is 8.83 Å². The van der Waals surface area contributed by atoms with Crippen LogP contribution in [0, 0.1) is 0 Å². The molecule has 0 aliphatic heterocycles. The molecule has 12 rings (SSSR count). The van der Waals surface area contributed by atoms with Gasteiger partial charge in [0, 0.05) is 43.8 Å². The second-order valence-corrected chi connectivity index (χ2v) is 15.6. The van der Waals surface area contributed by atoms with Gasteiger partial charge in [-0.15, -0.1) is 0 Å². The lowest BCUT2D eigenvalue weighted by molar-refractivity contribution is 0.660. The molecule has 0 N–H and O–H groups in total. The van der Waals surface area contributed by atoms with Crippen LogP contribution in [-0.2, 0) is 5.41 Å². The van der Waals surface area contributed by atoms with Crippen LogP contribution in [0.25, 0.3) is 87.7 Å². The average molecular weight is 718 g/mol. The van der Waals surface area contributed by atoms with Gasteiger partial charge in [-0.05, 0) is 86.9 Å². The van der Waals surface area contributed by atoms with Gasteiger partial charge < -0.3 is 13.7 Å². The summed E-state index contributed by atoms with van der Waals surface area (Å²) in [6.07, 6.45) is 0. The highest BCUT2D eigenvalue weighted by molar-refractivity contribution is 6.20. The van der Waals surface area contributed by atoms with Gasteiger partial charge in [0.25, 0.3) is 0 Å². The molecule has 0 amide bonds. The number of anilines is 3. The number of furan rings is 2. The van der Waals surface area contributed by atoms with Crippen molar-refractivity contribution in [3.8, 4) is 22.3 Å². The summed E-state index contributed by atoms with van der Waals surface area (Å²) in [7, 11) is 0. The van der Waals surface area contributed by atoms with Crippen LogP contribution < -0.4 is 4.90 Å². The van der Waals surface area contributed by atoms with Crippen molar-refractivity contribution in [3.63, 3.8) is 0 Å². The number of nitrogens with zero attached hydrogens (tertiary/aromatic N) is 1. The van der Waals surface area contributed by atoms with E-state index in [9.17, 15) is 0 Å². The molecule has 11 aromatic rings. The van der Waals surface area contributed by atoms with Gasteiger partial charge in [-0.1, -0.05) is 141 Å². The monoisotopic (exact) mass is 717 g/mol. The first kappa shape index (κ1) is 31.3. The number of rotatable bonds is 4. The third-order valence-corrected chi connectivity index (χ3v) is 12.2. The molecule has 3 heteroatoms. The molecule has 0 bridgehead atoms. The first-order chi connectivity index (χ1) is 27.5. The molecule has 56 heavy (non-hydrogen) atoms. The van der Waals surface area contributed by atoms with E-state index in [2.05, 4.69) is 195 Å². The van der Waals surface area contributed by atoms with E-state index < -0.39 is 0 Å². The van der Waals surface area contributed by atoms with E-state index >= 15 is 0 Å². The molecule has 0 saturated carbocycles. The molecule has 0 atom stereocenters. The number of hydrogen-bond donors (Lipinski definition) is 0. The lowest BCUT2D eigenvalue weighted by atomic mass is 9.82. The summed E-state index contributed by atoms with van der Waals surface area (Å²) in [4.78, 5) is 2.44. The number of para-hydroxylation sites is 2. The highest BCUT2D eigenvalue weighted by Gasteiger charge is 2.36. The zero-order chi connectivity index (χ0) is 37.1. The van der Waals surface area contributed by atoms with Crippen molar-refractivity contribution < 1.29 is 8.83 Å².